The van der Waals surface area contributed by atoms with E-state index in [2.05, 4.69) is 26.0 Å². The second-order valence-electron chi connectivity index (χ2n) is 4.98. The Bertz CT molecular complexity index is 1130. The van der Waals surface area contributed by atoms with Gasteiger partial charge >= 0.3 is 0 Å². The molecule has 0 atom stereocenters. The molecule has 0 spiro atoms. The maximum Gasteiger partial charge on any atom is 0.291 e. The standard InChI is InChI=1S/C17H10BrN3OS2/c18-12-5-3-11(4-6-12)10-14-16(22)21-17(24-14)19-15(20-21)8-7-13-2-1-9-23-13/h1-10H/b8-7+,14-10-. The van der Waals surface area contributed by atoms with Gasteiger partial charge in [0.1, 0.15) is 0 Å². The molecule has 0 saturated carbocycles. The van der Waals surface area contributed by atoms with Crippen molar-refractivity contribution < 1.29 is 0 Å². The SMILES string of the molecule is O=c1/c(=C/c2ccc(Br)cc2)sc2nc(/C=C/c3cccs3)nn12. The molecule has 0 aliphatic rings. The van der Waals surface area contributed by atoms with Crippen LogP contribution in [-0.2, 0) is 0 Å². The number of aromatic nitrogens is 3. The van der Waals surface area contributed by atoms with Gasteiger partial charge in [-0.3, -0.25) is 4.79 Å². The van der Waals surface area contributed by atoms with E-state index in [4.69, 9.17) is 0 Å². The minimum atomic E-state index is -0.138. The van der Waals surface area contributed by atoms with Crippen molar-refractivity contribution in [1.29, 1.82) is 0 Å². The summed E-state index contributed by atoms with van der Waals surface area (Å²) in [5.74, 6) is 0.543. The molecule has 24 heavy (non-hydrogen) atoms. The molecular weight excluding hydrogens is 406 g/mol. The lowest BCUT2D eigenvalue weighted by Crippen LogP contribution is -2.23. The first-order chi connectivity index (χ1) is 11.7. The lowest BCUT2D eigenvalue weighted by molar-refractivity contribution is 0.925. The Morgan fingerprint density at radius 2 is 1.96 bits per heavy atom. The highest BCUT2D eigenvalue weighted by molar-refractivity contribution is 9.10. The number of thiophene rings is 1. The lowest BCUT2D eigenvalue weighted by atomic mass is 10.2. The van der Waals surface area contributed by atoms with E-state index in [9.17, 15) is 4.79 Å². The summed E-state index contributed by atoms with van der Waals surface area (Å²) in [5.41, 5.74) is 0.832. The van der Waals surface area contributed by atoms with Crippen LogP contribution >= 0.6 is 38.6 Å². The number of hydrogen-bond donors (Lipinski definition) is 0. The van der Waals surface area contributed by atoms with Crippen molar-refractivity contribution >= 4 is 61.8 Å². The third kappa shape index (κ3) is 3.10. The Morgan fingerprint density at radius 1 is 1.12 bits per heavy atom. The lowest BCUT2D eigenvalue weighted by Gasteiger charge is -1.91. The Kier molecular flexibility index (Phi) is 4.13. The van der Waals surface area contributed by atoms with Crippen LogP contribution in [0.1, 0.15) is 16.3 Å². The zero-order valence-corrected chi connectivity index (χ0v) is 15.4. The van der Waals surface area contributed by atoms with Crippen LogP contribution in [0, 0.1) is 0 Å². The van der Waals surface area contributed by atoms with Gasteiger partial charge in [0.25, 0.3) is 5.56 Å². The van der Waals surface area contributed by atoms with Crippen LogP contribution in [0.3, 0.4) is 0 Å². The zero-order valence-electron chi connectivity index (χ0n) is 12.2. The number of fused-ring (bicyclic) bond motifs is 1. The van der Waals surface area contributed by atoms with Gasteiger partial charge in [-0.2, -0.15) is 9.50 Å². The van der Waals surface area contributed by atoms with Crippen LogP contribution in [0.5, 0.6) is 0 Å². The first-order valence-corrected chi connectivity index (χ1v) is 9.56. The van der Waals surface area contributed by atoms with Gasteiger partial charge in [-0.25, -0.2) is 0 Å². The van der Waals surface area contributed by atoms with Crippen molar-refractivity contribution in [2.75, 3.05) is 0 Å². The monoisotopic (exact) mass is 415 g/mol. The zero-order chi connectivity index (χ0) is 16.5. The van der Waals surface area contributed by atoms with Crippen molar-refractivity contribution in [2.45, 2.75) is 0 Å². The van der Waals surface area contributed by atoms with Crippen molar-refractivity contribution in [2.24, 2.45) is 0 Å². The average molecular weight is 416 g/mol. The molecule has 4 aromatic rings. The molecule has 7 heteroatoms. The van der Waals surface area contributed by atoms with Crippen LogP contribution in [0.4, 0.5) is 0 Å². The summed E-state index contributed by atoms with van der Waals surface area (Å²) >= 11 is 6.39. The fraction of sp³-hybridized carbons (Fsp3) is 0. The molecule has 0 unspecified atom stereocenters. The molecular formula is C17H10BrN3OS2. The number of nitrogens with zero attached hydrogens (tertiary/aromatic N) is 3. The smallest absolute Gasteiger partial charge is 0.266 e. The summed E-state index contributed by atoms with van der Waals surface area (Å²) in [7, 11) is 0. The van der Waals surface area contributed by atoms with Gasteiger partial charge in [-0.15, -0.1) is 16.4 Å². The van der Waals surface area contributed by atoms with E-state index < -0.39 is 0 Å². The van der Waals surface area contributed by atoms with Crippen molar-refractivity contribution in [3.63, 3.8) is 0 Å². The first-order valence-electron chi connectivity index (χ1n) is 7.07. The van der Waals surface area contributed by atoms with Gasteiger partial charge in [-0.1, -0.05) is 45.5 Å². The first kappa shape index (κ1) is 15.4. The van der Waals surface area contributed by atoms with Crippen LogP contribution in [0.25, 0.3) is 23.2 Å². The number of benzene rings is 1. The Hall–Kier alpha value is -2.09. The maximum absolute atomic E-state index is 12.5. The van der Waals surface area contributed by atoms with Gasteiger partial charge < -0.3 is 0 Å². The van der Waals surface area contributed by atoms with Gasteiger partial charge in [0.05, 0.1) is 4.53 Å². The predicted molar refractivity (Wildman–Crippen MR) is 103 cm³/mol. The van der Waals surface area contributed by atoms with Crippen LogP contribution < -0.4 is 10.1 Å². The average Bonchev–Trinajstić information content (AvgIpc) is 3.27. The van der Waals surface area contributed by atoms with Gasteiger partial charge in [0.15, 0.2) is 5.82 Å². The fourth-order valence-electron chi connectivity index (χ4n) is 2.17. The number of hydrogen-bond acceptors (Lipinski definition) is 5. The normalized spacial score (nSPS) is 12.6. The number of rotatable bonds is 3. The van der Waals surface area contributed by atoms with Gasteiger partial charge in [0.2, 0.25) is 4.96 Å². The predicted octanol–water partition coefficient (Wildman–Crippen LogP) is 3.69. The molecule has 3 aromatic heterocycles. The van der Waals surface area contributed by atoms with E-state index in [1.54, 1.807) is 11.3 Å². The molecule has 0 saturated heterocycles. The molecule has 0 amide bonds. The van der Waals surface area contributed by atoms with Crippen molar-refractivity contribution in [3.05, 3.63) is 77.4 Å². The summed E-state index contributed by atoms with van der Waals surface area (Å²) in [6.45, 7) is 0. The molecule has 3 heterocycles. The number of halogens is 1. The van der Waals surface area contributed by atoms with E-state index in [-0.39, 0.29) is 5.56 Å². The molecule has 0 fully saturated rings. The summed E-state index contributed by atoms with van der Waals surface area (Å²) in [4.78, 5) is 18.6. The molecule has 1 aromatic carbocycles. The number of thiazole rings is 1. The van der Waals surface area contributed by atoms with Crippen LogP contribution in [-0.4, -0.2) is 14.6 Å². The van der Waals surface area contributed by atoms with Crippen LogP contribution in [0.15, 0.2) is 51.0 Å². The van der Waals surface area contributed by atoms with E-state index in [1.165, 1.54) is 15.9 Å². The van der Waals surface area contributed by atoms with Gasteiger partial charge in [-0.05, 0) is 47.4 Å². The summed E-state index contributed by atoms with van der Waals surface area (Å²) in [6, 6.07) is 11.8. The Morgan fingerprint density at radius 3 is 2.67 bits per heavy atom. The quantitative estimate of drug-likeness (QED) is 0.512. The minimum absolute atomic E-state index is 0.138. The summed E-state index contributed by atoms with van der Waals surface area (Å²) in [6.07, 6.45) is 5.63. The summed E-state index contributed by atoms with van der Waals surface area (Å²) < 4.78 is 3.00. The van der Waals surface area contributed by atoms with E-state index in [0.29, 0.717) is 15.3 Å². The molecule has 0 bridgehead atoms. The Balaban J connectivity index is 1.70. The van der Waals surface area contributed by atoms with E-state index in [0.717, 1.165) is 14.9 Å². The molecule has 0 aliphatic heterocycles. The molecule has 4 nitrogen and oxygen atoms in total. The largest absolute Gasteiger partial charge is 0.291 e. The van der Waals surface area contributed by atoms with E-state index in [1.807, 2.05) is 60.0 Å². The summed E-state index contributed by atoms with van der Waals surface area (Å²) in [5, 5.41) is 6.29. The maximum atomic E-state index is 12.5. The Labute approximate surface area is 153 Å². The van der Waals surface area contributed by atoms with E-state index >= 15 is 0 Å². The second kappa shape index (κ2) is 6.43. The minimum Gasteiger partial charge on any atom is -0.266 e. The van der Waals surface area contributed by atoms with Crippen molar-refractivity contribution in [3.8, 4) is 0 Å². The highest BCUT2D eigenvalue weighted by Gasteiger charge is 2.08. The molecule has 0 radical (unpaired) electrons. The molecule has 118 valence electrons. The van der Waals surface area contributed by atoms with Gasteiger partial charge in [0, 0.05) is 9.35 Å². The molecule has 0 aliphatic carbocycles. The highest BCUT2D eigenvalue weighted by Crippen LogP contribution is 2.13. The second-order valence-corrected chi connectivity index (χ2v) is 7.88. The molecule has 4 rings (SSSR count). The third-order valence-corrected chi connectivity index (χ3v) is 5.63. The van der Waals surface area contributed by atoms with Crippen molar-refractivity contribution in [1.82, 2.24) is 14.6 Å². The topological polar surface area (TPSA) is 47.3 Å². The highest BCUT2D eigenvalue weighted by atomic mass is 79.9. The fourth-order valence-corrected chi connectivity index (χ4v) is 3.97. The third-order valence-electron chi connectivity index (χ3n) is 3.31. The molecule has 0 N–H and O–H groups in total. The van der Waals surface area contributed by atoms with Crippen LogP contribution in [0.2, 0.25) is 0 Å².